The molecule has 0 saturated carbocycles. The summed E-state index contributed by atoms with van der Waals surface area (Å²) in [6.07, 6.45) is 9.04. The number of carbonyl (C=O) groups excluding carboxylic acids is 1. The van der Waals surface area contributed by atoms with Crippen molar-refractivity contribution >= 4 is 46.3 Å². The number of hydrogen-bond acceptors (Lipinski definition) is 5. The maximum absolute atomic E-state index is 13.0. The SMILES string of the molecule is CCCCCCCCOc1ccc(/C=C2/SC(=S)N([C@@H](C(=O)O)c3ccccc3)C2=O)cc1. The largest absolute Gasteiger partial charge is 0.494 e. The molecule has 0 aliphatic carbocycles. The van der Waals surface area contributed by atoms with Crippen molar-refractivity contribution in [2.45, 2.75) is 51.5 Å². The third-order valence-corrected chi connectivity index (χ3v) is 6.71. The first-order chi connectivity index (χ1) is 16.0. The highest BCUT2D eigenvalue weighted by Gasteiger charge is 2.41. The van der Waals surface area contributed by atoms with Gasteiger partial charge in [0.05, 0.1) is 11.5 Å². The fraction of sp³-hybridized carbons (Fsp3) is 0.346. The van der Waals surface area contributed by atoms with Crippen molar-refractivity contribution in [3.05, 3.63) is 70.6 Å². The van der Waals surface area contributed by atoms with Gasteiger partial charge in [-0.15, -0.1) is 0 Å². The molecule has 1 amide bonds. The smallest absolute Gasteiger partial charge is 0.331 e. The van der Waals surface area contributed by atoms with E-state index in [4.69, 9.17) is 17.0 Å². The molecule has 0 radical (unpaired) electrons. The number of rotatable bonds is 12. The second-order valence-corrected chi connectivity index (χ2v) is 9.56. The molecular weight excluding hydrogens is 454 g/mol. The third-order valence-electron chi connectivity index (χ3n) is 5.38. The summed E-state index contributed by atoms with van der Waals surface area (Å²) in [6.45, 7) is 2.91. The number of benzene rings is 2. The molecule has 1 atom stereocenters. The summed E-state index contributed by atoms with van der Waals surface area (Å²) < 4.78 is 6.05. The highest BCUT2D eigenvalue weighted by Crippen LogP contribution is 2.38. The summed E-state index contributed by atoms with van der Waals surface area (Å²) in [5, 5.41) is 9.78. The normalized spacial score (nSPS) is 15.8. The molecule has 1 heterocycles. The van der Waals surface area contributed by atoms with E-state index in [1.807, 2.05) is 24.3 Å². The molecule has 5 nitrogen and oxygen atoms in total. The van der Waals surface area contributed by atoms with E-state index in [2.05, 4.69) is 6.92 Å². The van der Waals surface area contributed by atoms with Gasteiger partial charge in [-0.3, -0.25) is 9.69 Å². The zero-order chi connectivity index (χ0) is 23.6. The number of amides is 1. The van der Waals surface area contributed by atoms with Gasteiger partial charge in [0.25, 0.3) is 5.91 Å². The fourth-order valence-corrected chi connectivity index (χ4v) is 4.94. The maximum atomic E-state index is 13.0. The molecule has 1 saturated heterocycles. The Morgan fingerprint density at radius 2 is 1.73 bits per heavy atom. The van der Waals surface area contributed by atoms with Crippen LogP contribution < -0.4 is 4.74 Å². The lowest BCUT2D eigenvalue weighted by atomic mass is 10.1. The van der Waals surface area contributed by atoms with Crippen LogP contribution in [0.1, 0.15) is 62.6 Å². The van der Waals surface area contributed by atoms with E-state index < -0.39 is 17.9 Å². The summed E-state index contributed by atoms with van der Waals surface area (Å²) in [6, 6.07) is 15.0. The Morgan fingerprint density at radius 3 is 2.39 bits per heavy atom. The Kier molecular flexibility index (Phi) is 9.51. The van der Waals surface area contributed by atoms with Crippen LogP contribution in [0.2, 0.25) is 0 Å². The number of aliphatic carboxylic acids is 1. The Bertz CT molecular complexity index is 989. The topological polar surface area (TPSA) is 66.8 Å². The highest BCUT2D eigenvalue weighted by molar-refractivity contribution is 8.26. The number of carboxylic acids is 1. The minimum atomic E-state index is -1.15. The Balaban J connectivity index is 1.61. The summed E-state index contributed by atoms with van der Waals surface area (Å²) in [5.74, 6) is -0.724. The average molecular weight is 484 g/mol. The van der Waals surface area contributed by atoms with Gasteiger partial charge in [0, 0.05) is 0 Å². The number of thioether (sulfide) groups is 1. The lowest BCUT2D eigenvalue weighted by Gasteiger charge is -2.23. The lowest BCUT2D eigenvalue weighted by molar-refractivity contribution is -0.145. The van der Waals surface area contributed by atoms with Crippen LogP contribution in [0.15, 0.2) is 59.5 Å². The second-order valence-electron chi connectivity index (χ2n) is 7.89. The van der Waals surface area contributed by atoms with Gasteiger partial charge in [-0.2, -0.15) is 0 Å². The lowest BCUT2D eigenvalue weighted by Crippen LogP contribution is -2.37. The zero-order valence-electron chi connectivity index (χ0n) is 18.7. The van der Waals surface area contributed by atoms with Crippen molar-refractivity contribution in [2.75, 3.05) is 6.61 Å². The van der Waals surface area contributed by atoms with E-state index in [1.165, 1.54) is 37.0 Å². The van der Waals surface area contributed by atoms with Crippen LogP contribution in [0, 0.1) is 0 Å². The molecule has 0 spiro atoms. The number of carbonyl (C=O) groups is 2. The zero-order valence-corrected chi connectivity index (χ0v) is 20.4. The fourth-order valence-electron chi connectivity index (χ4n) is 3.62. The molecule has 1 N–H and O–H groups in total. The van der Waals surface area contributed by atoms with Crippen LogP contribution in [0.4, 0.5) is 0 Å². The predicted octanol–water partition coefficient (Wildman–Crippen LogP) is 6.45. The Morgan fingerprint density at radius 1 is 1.06 bits per heavy atom. The molecule has 7 heteroatoms. The van der Waals surface area contributed by atoms with E-state index >= 15 is 0 Å². The van der Waals surface area contributed by atoms with Crippen LogP contribution in [0.25, 0.3) is 6.08 Å². The quantitative estimate of drug-likeness (QED) is 0.212. The van der Waals surface area contributed by atoms with Crippen LogP contribution in [0.3, 0.4) is 0 Å². The molecule has 33 heavy (non-hydrogen) atoms. The minimum absolute atomic E-state index is 0.237. The van der Waals surface area contributed by atoms with Gasteiger partial charge in [-0.1, -0.05) is 105 Å². The molecule has 0 aromatic heterocycles. The number of unbranched alkanes of at least 4 members (excludes halogenated alkanes) is 5. The van der Waals surface area contributed by atoms with Gasteiger partial charge in [0.15, 0.2) is 6.04 Å². The van der Waals surface area contributed by atoms with E-state index in [-0.39, 0.29) is 4.32 Å². The summed E-state index contributed by atoms with van der Waals surface area (Å²) in [5.41, 5.74) is 1.34. The first-order valence-electron chi connectivity index (χ1n) is 11.3. The Labute approximate surface area is 204 Å². The molecule has 2 aromatic rings. The van der Waals surface area contributed by atoms with Gasteiger partial charge in [-0.25, -0.2) is 4.79 Å². The Hall–Kier alpha value is -2.64. The highest BCUT2D eigenvalue weighted by atomic mass is 32.2. The van der Waals surface area contributed by atoms with Gasteiger partial charge >= 0.3 is 5.97 Å². The van der Waals surface area contributed by atoms with E-state index in [0.29, 0.717) is 17.1 Å². The monoisotopic (exact) mass is 483 g/mol. The number of thiocarbonyl (C=S) groups is 1. The number of hydrogen-bond donors (Lipinski definition) is 1. The van der Waals surface area contributed by atoms with Crippen LogP contribution in [-0.4, -0.2) is 32.8 Å². The molecular formula is C26H29NO4S2. The molecule has 0 unspecified atom stereocenters. The third kappa shape index (κ3) is 6.92. The van der Waals surface area contributed by atoms with Crippen molar-refractivity contribution in [1.82, 2.24) is 4.90 Å². The van der Waals surface area contributed by atoms with Crippen LogP contribution in [0.5, 0.6) is 5.75 Å². The van der Waals surface area contributed by atoms with Crippen LogP contribution >= 0.6 is 24.0 Å². The van der Waals surface area contributed by atoms with E-state index in [9.17, 15) is 14.7 Å². The van der Waals surface area contributed by atoms with E-state index in [1.54, 1.807) is 36.4 Å². The summed E-state index contributed by atoms with van der Waals surface area (Å²) >= 11 is 6.48. The first-order valence-corrected chi connectivity index (χ1v) is 12.5. The minimum Gasteiger partial charge on any atom is -0.494 e. The molecule has 174 valence electrons. The number of carboxylic acid groups (broad SMARTS) is 1. The number of nitrogens with zero attached hydrogens (tertiary/aromatic N) is 1. The first kappa shape index (κ1) is 25.0. The molecule has 2 aromatic carbocycles. The second kappa shape index (κ2) is 12.6. The number of ether oxygens (including phenoxy) is 1. The van der Waals surface area contributed by atoms with Gasteiger partial charge < -0.3 is 9.84 Å². The molecule has 1 aliphatic heterocycles. The predicted molar refractivity (Wildman–Crippen MR) is 137 cm³/mol. The standard InChI is InChI=1S/C26H29NO4S2/c1-2-3-4-5-6-10-17-31-21-15-13-19(14-16-21)18-22-24(28)27(26(32)33-22)23(25(29)30)20-11-8-7-9-12-20/h7-9,11-16,18,23H,2-6,10,17H2,1H3,(H,29,30)/b22-18+/t23-/m1/s1. The van der Waals surface area contributed by atoms with Crippen molar-refractivity contribution in [3.8, 4) is 5.75 Å². The molecule has 1 fully saturated rings. The van der Waals surface area contributed by atoms with Crippen molar-refractivity contribution in [3.63, 3.8) is 0 Å². The summed E-state index contributed by atoms with van der Waals surface area (Å²) in [4.78, 5) is 26.6. The van der Waals surface area contributed by atoms with Crippen LogP contribution in [-0.2, 0) is 9.59 Å². The molecule has 3 rings (SSSR count). The van der Waals surface area contributed by atoms with E-state index in [0.717, 1.165) is 29.5 Å². The average Bonchev–Trinajstić information content (AvgIpc) is 3.08. The van der Waals surface area contributed by atoms with Crippen molar-refractivity contribution < 1.29 is 19.4 Å². The van der Waals surface area contributed by atoms with Gasteiger partial charge in [0.2, 0.25) is 0 Å². The van der Waals surface area contributed by atoms with Crippen molar-refractivity contribution in [1.29, 1.82) is 0 Å². The van der Waals surface area contributed by atoms with Crippen molar-refractivity contribution in [2.24, 2.45) is 0 Å². The molecule has 0 bridgehead atoms. The summed E-state index contributed by atoms with van der Waals surface area (Å²) in [7, 11) is 0. The van der Waals surface area contributed by atoms with Gasteiger partial charge in [-0.05, 0) is 35.8 Å². The molecule has 1 aliphatic rings. The van der Waals surface area contributed by atoms with Gasteiger partial charge in [0.1, 0.15) is 10.1 Å². The maximum Gasteiger partial charge on any atom is 0.331 e.